The van der Waals surface area contributed by atoms with Crippen molar-refractivity contribution in [1.29, 1.82) is 0 Å². The van der Waals surface area contributed by atoms with Crippen LogP contribution in [0.2, 0.25) is 0 Å². The van der Waals surface area contributed by atoms with Gasteiger partial charge in [0.25, 0.3) is 5.91 Å². The Balaban J connectivity index is 1.42. The van der Waals surface area contributed by atoms with Crippen LogP contribution in [0, 0.1) is 11.6 Å². The van der Waals surface area contributed by atoms with Crippen molar-refractivity contribution in [2.45, 2.75) is 18.9 Å². The molecule has 4 aromatic rings. The summed E-state index contributed by atoms with van der Waals surface area (Å²) in [5.74, 6) is -1.75. The monoisotopic (exact) mass is 472 g/mol. The molecule has 1 saturated carbocycles. The smallest absolute Gasteiger partial charge is 0.257 e. The number of aromatic nitrogens is 2. The molecule has 1 heterocycles. The molecular weight excluding hydrogens is 450 g/mol. The predicted octanol–water partition coefficient (Wildman–Crippen LogP) is 5.06. The molecule has 0 spiro atoms. The van der Waals surface area contributed by atoms with Crippen LogP contribution in [-0.2, 0) is 4.79 Å². The maximum atomic E-state index is 14.2. The highest BCUT2D eigenvalue weighted by Crippen LogP contribution is 2.29. The lowest BCUT2D eigenvalue weighted by Gasteiger charge is -2.22. The molecule has 0 saturated heterocycles. The molecule has 6 nitrogen and oxygen atoms in total. The SMILES string of the molecule is O=C(CN(C(=O)c1ccccc1F)C1CC1)Nc1nc(-c2ccccc2)cn1-c1ccc(F)cc1. The summed E-state index contributed by atoms with van der Waals surface area (Å²) < 4.78 is 29.4. The molecule has 1 aliphatic rings. The van der Waals surface area contributed by atoms with Crippen molar-refractivity contribution in [1.82, 2.24) is 14.5 Å². The number of nitrogens with one attached hydrogen (secondary N) is 1. The second-order valence-electron chi connectivity index (χ2n) is 8.35. The second-order valence-corrected chi connectivity index (χ2v) is 8.35. The first-order valence-electron chi connectivity index (χ1n) is 11.3. The van der Waals surface area contributed by atoms with Gasteiger partial charge in [0.05, 0.1) is 11.3 Å². The van der Waals surface area contributed by atoms with Gasteiger partial charge in [-0.25, -0.2) is 13.8 Å². The lowest BCUT2D eigenvalue weighted by Crippen LogP contribution is -2.40. The van der Waals surface area contributed by atoms with Crippen molar-refractivity contribution in [2.24, 2.45) is 0 Å². The minimum absolute atomic E-state index is 0.0635. The third kappa shape index (κ3) is 4.96. The van der Waals surface area contributed by atoms with Gasteiger partial charge in [-0.3, -0.25) is 19.5 Å². The quantitative estimate of drug-likeness (QED) is 0.409. The van der Waals surface area contributed by atoms with E-state index in [1.165, 1.54) is 35.2 Å². The first-order chi connectivity index (χ1) is 17.0. The summed E-state index contributed by atoms with van der Waals surface area (Å²) >= 11 is 0. The maximum absolute atomic E-state index is 14.2. The van der Waals surface area contributed by atoms with Gasteiger partial charge < -0.3 is 4.90 Å². The number of carbonyl (C=O) groups is 2. The molecule has 0 unspecified atom stereocenters. The molecule has 0 atom stereocenters. The number of rotatable bonds is 7. The van der Waals surface area contributed by atoms with Crippen LogP contribution in [0.4, 0.5) is 14.7 Å². The van der Waals surface area contributed by atoms with E-state index in [9.17, 15) is 18.4 Å². The van der Waals surface area contributed by atoms with Crippen LogP contribution in [0.5, 0.6) is 0 Å². The van der Waals surface area contributed by atoms with Crippen molar-refractivity contribution < 1.29 is 18.4 Å². The minimum atomic E-state index is -0.622. The van der Waals surface area contributed by atoms with Gasteiger partial charge in [-0.05, 0) is 49.2 Å². The Hall–Kier alpha value is -4.33. The standard InChI is InChI=1S/C27H22F2N4O2/c28-19-10-12-21(13-11-19)33-16-24(18-6-2-1-3-7-18)30-27(33)31-25(34)17-32(20-14-15-20)26(35)22-8-4-5-9-23(22)29/h1-13,16,20H,14-15,17H2,(H,30,31,34). The van der Waals surface area contributed by atoms with E-state index in [-0.39, 0.29) is 29.9 Å². The maximum Gasteiger partial charge on any atom is 0.257 e. The van der Waals surface area contributed by atoms with Crippen molar-refractivity contribution in [3.8, 4) is 16.9 Å². The highest BCUT2D eigenvalue weighted by atomic mass is 19.1. The summed E-state index contributed by atoms with van der Waals surface area (Å²) in [4.78, 5) is 32.0. The summed E-state index contributed by atoms with van der Waals surface area (Å²) in [6, 6.07) is 20.9. The molecule has 1 fully saturated rings. The molecule has 35 heavy (non-hydrogen) atoms. The molecule has 1 aliphatic carbocycles. The normalized spacial score (nSPS) is 12.9. The van der Waals surface area contributed by atoms with E-state index >= 15 is 0 Å². The molecular formula is C27H22F2N4O2. The Labute approximate surface area is 200 Å². The number of hydrogen-bond acceptors (Lipinski definition) is 3. The molecule has 1 N–H and O–H groups in total. The molecule has 0 radical (unpaired) electrons. The van der Waals surface area contributed by atoms with Crippen molar-refractivity contribution in [3.05, 3.63) is 102 Å². The zero-order chi connectivity index (χ0) is 24.4. The van der Waals surface area contributed by atoms with Gasteiger partial charge in [0.1, 0.15) is 18.2 Å². The fourth-order valence-electron chi connectivity index (χ4n) is 3.88. The van der Waals surface area contributed by atoms with Crippen LogP contribution < -0.4 is 5.32 Å². The van der Waals surface area contributed by atoms with E-state index in [0.717, 1.165) is 18.4 Å². The zero-order valence-electron chi connectivity index (χ0n) is 18.7. The molecule has 3 aromatic carbocycles. The van der Waals surface area contributed by atoms with E-state index in [4.69, 9.17) is 0 Å². The largest absolute Gasteiger partial charge is 0.326 e. The van der Waals surface area contributed by atoms with E-state index < -0.39 is 17.6 Å². The lowest BCUT2D eigenvalue weighted by atomic mass is 10.2. The first kappa shape index (κ1) is 22.5. The van der Waals surface area contributed by atoms with Crippen LogP contribution in [0.25, 0.3) is 16.9 Å². The number of carbonyl (C=O) groups excluding carboxylic acids is 2. The Morgan fingerprint density at radius 2 is 1.63 bits per heavy atom. The molecule has 5 rings (SSSR count). The average molecular weight is 472 g/mol. The summed E-state index contributed by atoms with van der Waals surface area (Å²) in [6.45, 7) is -0.241. The van der Waals surface area contributed by atoms with Crippen LogP contribution in [0.15, 0.2) is 85.1 Å². The zero-order valence-corrected chi connectivity index (χ0v) is 18.7. The van der Waals surface area contributed by atoms with Gasteiger partial charge in [-0.1, -0.05) is 42.5 Å². The third-order valence-electron chi connectivity index (χ3n) is 5.80. The number of nitrogens with zero attached hydrogens (tertiary/aromatic N) is 3. The van der Waals surface area contributed by atoms with Crippen molar-refractivity contribution in [2.75, 3.05) is 11.9 Å². The summed E-state index contributed by atoms with van der Waals surface area (Å²) in [5, 5.41) is 2.78. The Morgan fingerprint density at radius 1 is 0.943 bits per heavy atom. The van der Waals surface area contributed by atoms with Gasteiger partial charge >= 0.3 is 0 Å². The highest BCUT2D eigenvalue weighted by Gasteiger charge is 2.35. The summed E-state index contributed by atoms with van der Waals surface area (Å²) in [5.41, 5.74) is 2.01. The average Bonchev–Trinajstić information content (AvgIpc) is 3.63. The van der Waals surface area contributed by atoms with E-state index in [0.29, 0.717) is 11.4 Å². The number of anilines is 1. The number of amides is 2. The fourth-order valence-corrected chi connectivity index (χ4v) is 3.88. The van der Waals surface area contributed by atoms with Crippen LogP contribution >= 0.6 is 0 Å². The number of halogens is 2. The number of imidazole rings is 1. The van der Waals surface area contributed by atoms with E-state index in [1.54, 1.807) is 29.0 Å². The summed E-state index contributed by atoms with van der Waals surface area (Å²) in [6.07, 6.45) is 3.27. The van der Waals surface area contributed by atoms with E-state index in [1.807, 2.05) is 30.3 Å². The predicted molar refractivity (Wildman–Crippen MR) is 128 cm³/mol. The van der Waals surface area contributed by atoms with Crippen LogP contribution in [-0.4, -0.2) is 38.9 Å². The van der Waals surface area contributed by atoms with Crippen molar-refractivity contribution >= 4 is 17.8 Å². The molecule has 8 heteroatoms. The van der Waals surface area contributed by atoms with Gasteiger partial charge in [0.2, 0.25) is 11.9 Å². The van der Waals surface area contributed by atoms with Gasteiger partial charge in [0.15, 0.2) is 0 Å². The second kappa shape index (κ2) is 9.50. The molecule has 0 aliphatic heterocycles. The summed E-state index contributed by atoms with van der Waals surface area (Å²) in [7, 11) is 0. The third-order valence-corrected chi connectivity index (χ3v) is 5.80. The highest BCUT2D eigenvalue weighted by molar-refractivity contribution is 5.99. The topological polar surface area (TPSA) is 67.2 Å². The van der Waals surface area contributed by atoms with Crippen molar-refractivity contribution in [3.63, 3.8) is 0 Å². The first-order valence-corrected chi connectivity index (χ1v) is 11.3. The Bertz CT molecular complexity index is 1370. The Kier molecular flexibility index (Phi) is 6.10. The lowest BCUT2D eigenvalue weighted by molar-refractivity contribution is -0.117. The number of hydrogen-bond donors (Lipinski definition) is 1. The Morgan fingerprint density at radius 3 is 2.31 bits per heavy atom. The van der Waals surface area contributed by atoms with Crippen LogP contribution in [0.1, 0.15) is 23.2 Å². The number of benzene rings is 3. The van der Waals surface area contributed by atoms with Gasteiger partial charge in [-0.15, -0.1) is 0 Å². The van der Waals surface area contributed by atoms with E-state index in [2.05, 4.69) is 10.3 Å². The molecule has 176 valence electrons. The molecule has 2 amide bonds. The molecule has 1 aromatic heterocycles. The van der Waals surface area contributed by atoms with Crippen LogP contribution in [0.3, 0.4) is 0 Å². The van der Waals surface area contributed by atoms with Gasteiger partial charge in [-0.2, -0.15) is 0 Å². The minimum Gasteiger partial charge on any atom is -0.326 e. The van der Waals surface area contributed by atoms with Gasteiger partial charge in [0, 0.05) is 23.5 Å². The molecule has 0 bridgehead atoms. The fraction of sp³-hybridized carbons (Fsp3) is 0.148.